The van der Waals surface area contributed by atoms with Gasteiger partial charge in [0.05, 0.1) is 31.0 Å². The second-order valence-corrected chi connectivity index (χ2v) is 15.9. The molecule has 0 spiro atoms. The van der Waals surface area contributed by atoms with Crippen LogP contribution < -0.4 is 5.32 Å². The minimum atomic E-state index is -1.59. The number of fused-ring (bicyclic) bond motifs is 2. The fourth-order valence-electron chi connectivity index (χ4n) is 7.60. The van der Waals surface area contributed by atoms with E-state index in [0.717, 1.165) is 28.1 Å². The quantitative estimate of drug-likeness (QED) is 0.114. The summed E-state index contributed by atoms with van der Waals surface area (Å²) in [6, 6.07) is 18.3. The summed E-state index contributed by atoms with van der Waals surface area (Å²) in [4.78, 5) is 14.4. The van der Waals surface area contributed by atoms with E-state index in [4.69, 9.17) is 9.47 Å². The van der Waals surface area contributed by atoms with Crippen LogP contribution in [0, 0.1) is 5.82 Å². The lowest BCUT2D eigenvalue weighted by Crippen LogP contribution is -2.64. The van der Waals surface area contributed by atoms with Gasteiger partial charge in [-0.05, 0) is 44.7 Å². The first-order chi connectivity index (χ1) is 25.8. The van der Waals surface area contributed by atoms with E-state index in [1.165, 1.54) is 29.1 Å². The Morgan fingerprint density at radius 2 is 1.39 bits per heavy atom. The Hall–Kier alpha value is -4.03. The number of aromatic nitrogens is 3. The normalized spacial score (nSPS) is 29.1. The maximum absolute atomic E-state index is 14.4. The number of benzene rings is 4. The molecule has 4 aromatic carbocycles. The third kappa shape index (κ3) is 7.00. The van der Waals surface area contributed by atoms with Gasteiger partial charge in [0.25, 0.3) is 5.91 Å². The number of hydrogen-bond donors (Lipinski definition) is 7. The highest BCUT2D eigenvalue weighted by atomic mass is 32.2. The molecule has 286 valence electrons. The van der Waals surface area contributed by atoms with Crippen molar-refractivity contribution < 1.29 is 49.3 Å². The summed E-state index contributed by atoms with van der Waals surface area (Å²) in [6.07, 6.45) is -7.18. The van der Waals surface area contributed by atoms with Crippen LogP contribution in [0.15, 0.2) is 79.0 Å². The van der Waals surface area contributed by atoms with Crippen LogP contribution >= 0.6 is 11.8 Å². The Morgan fingerprint density at radius 1 is 0.815 bits per heavy atom. The maximum Gasteiger partial charge on any atom is 0.252 e. The van der Waals surface area contributed by atoms with Gasteiger partial charge in [-0.2, -0.15) is 0 Å². The number of halogens is 1. The molecule has 1 amide bonds. The van der Waals surface area contributed by atoms with E-state index in [1.54, 1.807) is 6.07 Å². The number of carbonyl (C=O) groups excluding carboxylic acids is 1. The van der Waals surface area contributed by atoms with Gasteiger partial charge in [0.15, 0.2) is 0 Å². The number of carbonyl (C=O) groups is 1. The van der Waals surface area contributed by atoms with E-state index in [2.05, 4.69) is 36.4 Å². The summed E-state index contributed by atoms with van der Waals surface area (Å²) in [5.74, 6) is -1.05. The number of amides is 1. The molecule has 15 heteroatoms. The Morgan fingerprint density at radius 3 is 1.96 bits per heavy atom. The van der Waals surface area contributed by atoms with Crippen LogP contribution in [0.25, 0.3) is 32.8 Å². The Kier molecular flexibility index (Phi) is 10.8. The molecule has 0 bridgehead atoms. The van der Waals surface area contributed by atoms with Crippen LogP contribution in [0.2, 0.25) is 0 Å². The number of nitrogens with zero attached hydrogens (tertiary/aromatic N) is 3. The topological polar surface area (TPSA) is 200 Å². The van der Waals surface area contributed by atoms with Crippen molar-refractivity contribution in [2.75, 3.05) is 13.2 Å². The molecule has 0 aliphatic carbocycles. The molecule has 5 unspecified atom stereocenters. The highest BCUT2D eigenvalue weighted by Gasteiger charge is 2.51. The van der Waals surface area contributed by atoms with Crippen molar-refractivity contribution in [1.82, 2.24) is 20.3 Å². The molecule has 2 fully saturated rings. The highest BCUT2D eigenvalue weighted by Crippen LogP contribution is 2.42. The van der Waals surface area contributed by atoms with Gasteiger partial charge >= 0.3 is 0 Å². The van der Waals surface area contributed by atoms with E-state index in [1.807, 2.05) is 48.5 Å². The Balaban J connectivity index is 1.18. The van der Waals surface area contributed by atoms with Gasteiger partial charge in [0.1, 0.15) is 65.0 Å². The zero-order valence-electron chi connectivity index (χ0n) is 29.7. The molecule has 54 heavy (non-hydrogen) atoms. The Bertz CT molecular complexity index is 2090. The van der Waals surface area contributed by atoms with Gasteiger partial charge in [-0.15, -0.1) is 5.10 Å². The number of thioether (sulfide) groups is 1. The van der Waals surface area contributed by atoms with Gasteiger partial charge in [-0.25, -0.2) is 9.07 Å². The third-order valence-electron chi connectivity index (χ3n) is 10.1. The molecular formula is C39H43FN4O9S. The fourth-order valence-corrected chi connectivity index (χ4v) is 8.93. The largest absolute Gasteiger partial charge is 0.394 e. The molecule has 5 aromatic rings. The smallest absolute Gasteiger partial charge is 0.252 e. The molecule has 0 saturated carbocycles. The van der Waals surface area contributed by atoms with E-state index in [9.17, 15) is 39.8 Å². The second kappa shape index (κ2) is 15.2. The van der Waals surface area contributed by atoms with Crippen molar-refractivity contribution >= 4 is 39.2 Å². The average molecular weight is 763 g/mol. The first-order valence-corrected chi connectivity index (χ1v) is 18.6. The van der Waals surface area contributed by atoms with Gasteiger partial charge in [-0.3, -0.25) is 4.79 Å². The lowest BCUT2D eigenvalue weighted by molar-refractivity contribution is -0.184. The highest BCUT2D eigenvalue weighted by molar-refractivity contribution is 8.00. The first-order valence-electron chi connectivity index (χ1n) is 17.6. The molecule has 7 N–H and O–H groups in total. The summed E-state index contributed by atoms with van der Waals surface area (Å²) in [6.45, 7) is 5.01. The lowest BCUT2D eigenvalue weighted by atomic mass is 9.78. The summed E-state index contributed by atoms with van der Waals surface area (Å²) < 4.78 is 26.9. The van der Waals surface area contributed by atoms with Gasteiger partial charge in [0, 0.05) is 5.56 Å². The predicted molar refractivity (Wildman–Crippen MR) is 199 cm³/mol. The maximum atomic E-state index is 14.4. The van der Waals surface area contributed by atoms with Crippen LogP contribution in [0.5, 0.6) is 0 Å². The zero-order valence-corrected chi connectivity index (χ0v) is 30.5. The molecule has 0 radical (unpaired) electrons. The van der Waals surface area contributed by atoms with Crippen LogP contribution in [-0.4, -0.2) is 118 Å². The summed E-state index contributed by atoms with van der Waals surface area (Å²) in [5, 5.41) is 80.2. The van der Waals surface area contributed by atoms with Crippen molar-refractivity contribution in [3.63, 3.8) is 0 Å². The van der Waals surface area contributed by atoms with E-state index in [0.29, 0.717) is 21.9 Å². The Labute approximate surface area is 314 Å². The molecule has 1 aromatic heterocycles. The fraction of sp³-hybridized carbons (Fsp3) is 0.410. The van der Waals surface area contributed by atoms with Crippen molar-refractivity contribution in [1.29, 1.82) is 0 Å². The molecule has 2 aliphatic heterocycles. The van der Waals surface area contributed by atoms with Crippen molar-refractivity contribution in [3.8, 4) is 11.3 Å². The van der Waals surface area contributed by atoms with E-state index >= 15 is 0 Å². The predicted octanol–water partition coefficient (Wildman–Crippen LogP) is 2.64. The second-order valence-electron chi connectivity index (χ2n) is 14.7. The van der Waals surface area contributed by atoms with Crippen LogP contribution in [0.1, 0.15) is 42.7 Å². The van der Waals surface area contributed by atoms with Crippen LogP contribution in [0.4, 0.5) is 4.39 Å². The van der Waals surface area contributed by atoms with Crippen molar-refractivity contribution in [3.05, 3.63) is 95.9 Å². The minimum Gasteiger partial charge on any atom is -0.394 e. The lowest BCUT2D eigenvalue weighted by Gasteiger charge is -2.46. The number of aliphatic hydroxyl groups is 6. The zero-order chi connectivity index (χ0) is 38.5. The summed E-state index contributed by atoms with van der Waals surface area (Å²) >= 11 is 0.789. The number of aliphatic hydroxyl groups excluding tert-OH is 6. The molecular weight excluding hydrogens is 720 g/mol. The average Bonchev–Trinajstić information content (AvgIpc) is 3.63. The van der Waals surface area contributed by atoms with Crippen molar-refractivity contribution in [2.45, 2.75) is 85.8 Å². The molecule has 13 nitrogen and oxygen atoms in total. The van der Waals surface area contributed by atoms with Gasteiger partial charge in [-0.1, -0.05) is 98.4 Å². The monoisotopic (exact) mass is 762 g/mol. The molecule has 2 aliphatic rings. The van der Waals surface area contributed by atoms with E-state index < -0.39 is 84.5 Å². The molecule has 3 heterocycles. The van der Waals surface area contributed by atoms with Gasteiger partial charge < -0.3 is 45.4 Å². The van der Waals surface area contributed by atoms with E-state index in [-0.39, 0.29) is 11.1 Å². The molecule has 2 saturated heterocycles. The van der Waals surface area contributed by atoms with Crippen LogP contribution in [0.3, 0.4) is 0 Å². The van der Waals surface area contributed by atoms with Crippen LogP contribution in [-0.2, 0) is 14.9 Å². The van der Waals surface area contributed by atoms with Gasteiger partial charge in [0.2, 0.25) is 0 Å². The third-order valence-corrected chi connectivity index (χ3v) is 11.5. The SMILES string of the molecule is CC(C)(C)c1c2ccccc2c(C(=O)NC2C(O)[C@@H](CO)OC(S[C@@H]3OC(CO)[C@H](O)[C@H](n4cc(-c5cccc(F)c5)nn4)C3O)[C@@H]2O)c2ccccc12. The standard InChI is InChI=1S/C39H43FN4O9S/c1-39(2,3)29-23-13-6-4-11-21(23)28(22-12-5-7-14-24(22)29)36(51)41-30-32(47)26(17-45)52-37(34(30)49)54-38-35(50)31(33(48)27(18-46)53-38)44-16-25(42-43-44)19-9-8-10-20(40)15-19/h4-16,26-27,30-35,37-38,45-50H,17-18H2,1-3H3,(H,41,51)/t26-,27?,30?,31+,32?,33+,34-,35?,37?,38+/m1/s1. The molecule has 7 rings (SSSR count). The number of nitrogens with one attached hydrogen (secondary N) is 1. The summed E-state index contributed by atoms with van der Waals surface area (Å²) in [7, 11) is 0. The number of rotatable bonds is 8. The van der Waals surface area contributed by atoms with Crippen molar-refractivity contribution in [2.24, 2.45) is 0 Å². The first kappa shape index (κ1) is 38.3. The number of ether oxygens (including phenoxy) is 2. The molecule has 10 atom stereocenters. The number of hydrogen-bond acceptors (Lipinski definition) is 12. The summed E-state index contributed by atoms with van der Waals surface area (Å²) in [5.41, 5.74) is -0.727. The minimum absolute atomic E-state index is 0.267.